The maximum Gasteiger partial charge on any atom is 0.358 e. The Hall–Kier alpha value is -2.37. The van der Waals surface area contributed by atoms with Crippen molar-refractivity contribution in [3.8, 4) is 0 Å². The largest absolute Gasteiger partial charge is 0.461 e. The second-order valence-electron chi connectivity index (χ2n) is 3.70. The molecular weight excluding hydrogens is 232 g/mol. The second-order valence-corrected chi connectivity index (χ2v) is 3.70. The molecule has 0 bridgehead atoms. The fourth-order valence-corrected chi connectivity index (χ4v) is 1.58. The molecule has 0 atom stereocenters. The van der Waals surface area contributed by atoms with E-state index in [0.717, 1.165) is 5.56 Å². The third-order valence-electron chi connectivity index (χ3n) is 2.48. The minimum atomic E-state index is -0.433. The lowest BCUT2D eigenvalue weighted by Crippen LogP contribution is -2.14. The Morgan fingerprint density at radius 1 is 1.44 bits per heavy atom. The summed E-state index contributed by atoms with van der Waals surface area (Å²) in [6, 6.07) is 7.42. The van der Waals surface area contributed by atoms with Gasteiger partial charge >= 0.3 is 5.97 Å². The van der Waals surface area contributed by atoms with E-state index < -0.39 is 5.97 Å². The Morgan fingerprint density at radius 2 is 2.22 bits per heavy atom. The minimum Gasteiger partial charge on any atom is -0.461 e. The average Bonchev–Trinajstić information content (AvgIpc) is 2.81. The predicted octanol–water partition coefficient (Wildman–Crippen LogP) is 1.09. The lowest BCUT2D eigenvalue weighted by Gasteiger charge is -2.07. The number of benzene rings is 1. The van der Waals surface area contributed by atoms with E-state index in [1.807, 2.05) is 18.2 Å². The van der Waals surface area contributed by atoms with Gasteiger partial charge in [-0.25, -0.2) is 9.48 Å². The second kappa shape index (κ2) is 5.31. The van der Waals surface area contributed by atoms with Gasteiger partial charge in [0.2, 0.25) is 0 Å². The highest BCUT2D eigenvalue weighted by molar-refractivity contribution is 5.87. The van der Waals surface area contributed by atoms with E-state index in [9.17, 15) is 4.79 Å². The van der Waals surface area contributed by atoms with E-state index in [1.54, 1.807) is 13.0 Å². The zero-order valence-corrected chi connectivity index (χ0v) is 10.0. The molecule has 1 aromatic heterocycles. The molecule has 0 radical (unpaired) electrons. The number of hydrogen-bond donors (Lipinski definition) is 1. The van der Waals surface area contributed by atoms with Crippen LogP contribution in [0.15, 0.2) is 30.5 Å². The summed E-state index contributed by atoms with van der Waals surface area (Å²) in [4.78, 5) is 11.6. The molecule has 0 unspecified atom stereocenters. The fourth-order valence-electron chi connectivity index (χ4n) is 1.58. The number of aromatic nitrogens is 3. The molecule has 6 heteroatoms. The number of rotatable bonds is 4. The van der Waals surface area contributed by atoms with Crippen LogP contribution in [0, 0.1) is 0 Å². The topological polar surface area (TPSA) is 83.0 Å². The Morgan fingerprint density at radius 3 is 2.94 bits per heavy atom. The molecule has 0 saturated carbocycles. The molecule has 1 aromatic carbocycles. The number of hydrogen-bond acceptors (Lipinski definition) is 5. The van der Waals surface area contributed by atoms with Crippen LogP contribution < -0.4 is 5.73 Å². The normalized spacial score (nSPS) is 10.3. The summed E-state index contributed by atoms with van der Waals surface area (Å²) in [5.74, 6) is -0.433. The maximum absolute atomic E-state index is 11.6. The van der Waals surface area contributed by atoms with Crippen molar-refractivity contribution in [3.63, 3.8) is 0 Å². The SMILES string of the molecule is CCOC(=O)c1cnnn1Cc1ccccc1N. The summed E-state index contributed by atoms with van der Waals surface area (Å²) < 4.78 is 6.40. The highest BCUT2D eigenvalue weighted by atomic mass is 16.5. The standard InChI is InChI=1S/C12H14N4O2/c1-2-18-12(17)11-7-14-15-16(11)8-9-5-3-4-6-10(9)13/h3-7H,2,8,13H2,1H3. The molecule has 18 heavy (non-hydrogen) atoms. The molecule has 0 amide bonds. The molecule has 0 saturated heterocycles. The number of carbonyl (C=O) groups is 1. The zero-order valence-electron chi connectivity index (χ0n) is 10.0. The Labute approximate surface area is 104 Å². The third-order valence-corrected chi connectivity index (χ3v) is 2.48. The first-order valence-corrected chi connectivity index (χ1v) is 5.61. The molecule has 1 heterocycles. The number of nitrogens with zero attached hydrogens (tertiary/aromatic N) is 3. The van der Waals surface area contributed by atoms with E-state index >= 15 is 0 Å². The number of esters is 1. The molecule has 2 aromatic rings. The summed E-state index contributed by atoms with van der Waals surface area (Å²) in [6.07, 6.45) is 1.39. The van der Waals surface area contributed by atoms with Crippen LogP contribution in [0.3, 0.4) is 0 Å². The van der Waals surface area contributed by atoms with Crippen LogP contribution in [0.2, 0.25) is 0 Å². The van der Waals surface area contributed by atoms with Gasteiger partial charge in [0, 0.05) is 5.69 Å². The van der Waals surface area contributed by atoms with Crippen molar-refractivity contribution >= 4 is 11.7 Å². The van der Waals surface area contributed by atoms with Crippen molar-refractivity contribution in [2.24, 2.45) is 0 Å². The predicted molar refractivity (Wildman–Crippen MR) is 65.9 cm³/mol. The number of carbonyl (C=O) groups excluding carboxylic acids is 1. The van der Waals surface area contributed by atoms with Crippen LogP contribution in [0.25, 0.3) is 0 Å². The summed E-state index contributed by atoms with van der Waals surface area (Å²) >= 11 is 0. The number of nitrogens with two attached hydrogens (primary N) is 1. The quantitative estimate of drug-likeness (QED) is 0.644. The molecular formula is C12H14N4O2. The maximum atomic E-state index is 11.6. The molecule has 0 spiro atoms. The highest BCUT2D eigenvalue weighted by Gasteiger charge is 2.14. The van der Waals surface area contributed by atoms with Crippen molar-refractivity contribution in [2.45, 2.75) is 13.5 Å². The van der Waals surface area contributed by atoms with Crippen molar-refractivity contribution in [1.82, 2.24) is 15.0 Å². The van der Waals surface area contributed by atoms with Crippen LogP contribution in [0.1, 0.15) is 23.0 Å². The zero-order chi connectivity index (χ0) is 13.0. The molecule has 0 aliphatic carbocycles. The number of anilines is 1. The van der Waals surface area contributed by atoms with Crippen LogP contribution in [-0.4, -0.2) is 27.6 Å². The van der Waals surface area contributed by atoms with Gasteiger partial charge in [-0.3, -0.25) is 0 Å². The summed E-state index contributed by atoms with van der Waals surface area (Å²) in [5, 5.41) is 7.59. The van der Waals surface area contributed by atoms with Gasteiger partial charge in [-0.15, -0.1) is 5.10 Å². The summed E-state index contributed by atoms with van der Waals surface area (Å²) in [6.45, 7) is 2.46. The van der Waals surface area contributed by atoms with Crippen LogP contribution >= 0.6 is 0 Å². The van der Waals surface area contributed by atoms with Crippen molar-refractivity contribution in [2.75, 3.05) is 12.3 Å². The Balaban J connectivity index is 2.23. The smallest absolute Gasteiger partial charge is 0.358 e. The molecule has 2 N–H and O–H groups in total. The monoisotopic (exact) mass is 246 g/mol. The van der Waals surface area contributed by atoms with Crippen LogP contribution in [0.5, 0.6) is 0 Å². The summed E-state index contributed by atoms with van der Waals surface area (Å²) in [7, 11) is 0. The van der Waals surface area contributed by atoms with Gasteiger partial charge in [0.1, 0.15) is 0 Å². The van der Waals surface area contributed by atoms with E-state index in [4.69, 9.17) is 10.5 Å². The van der Waals surface area contributed by atoms with Gasteiger partial charge in [0.15, 0.2) is 5.69 Å². The number of nitrogen functional groups attached to an aromatic ring is 1. The van der Waals surface area contributed by atoms with Gasteiger partial charge in [0.25, 0.3) is 0 Å². The van der Waals surface area contributed by atoms with Crippen molar-refractivity contribution in [1.29, 1.82) is 0 Å². The molecule has 94 valence electrons. The number of ether oxygens (including phenoxy) is 1. The van der Waals surface area contributed by atoms with Gasteiger partial charge in [-0.05, 0) is 18.6 Å². The van der Waals surface area contributed by atoms with Crippen molar-refractivity contribution in [3.05, 3.63) is 41.7 Å². The first-order chi connectivity index (χ1) is 8.72. The van der Waals surface area contributed by atoms with Crippen LogP contribution in [-0.2, 0) is 11.3 Å². The van der Waals surface area contributed by atoms with Gasteiger partial charge in [0.05, 0.1) is 19.3 Å². The minimum absolute atomic E-state index is 0.317. The molecule has 0 fully saturated rings. The Kier molecular flexibility index (Phi) is 3.57. The average molecular weight is 246 g/mol. The van der Waals surface area contributed by atoms with E-state index in [0.29, 0.717) is 24.5 Å². The van der Waals surface area contributed by atoms with E-state index in [1.165, 1.54) is 10.9 Å². The van der Waals surface area contributed by atoms with Crippen molar-refractivity contribution < 1.29 is 9.53 Å². The lowest BCUT2D eigenvalue weighted by atomic mass is 10.2. The van der Waals surface area contributed by atoms with Crippen LogP contribution in [0.4, 0.5) is 5.69 Å². The molecule has 0 aliphatic heterocycles. The van der Waals surface area contributed by atoms with Gasteiger partial charge in [-0.2, -0.15) is 0 Å². The molecule has 0 aliphatic rings. The van der Waals surface area contributed by atoms with E-state index in [-0.39, 0.29) is 0 Å². The fraction of sp³-hybridized carbons (Fsp3) is 0.250. The highest BCUT2D eigenvalue weighted by Crippen LogP contribution is 2.13. The summed E-state index contributed by atoms with van der Waals surface area (Å²) in [5.41, 5.74) is 7.70. The lowest BCUT2D eigenvalue weighted by molar-refractivity contribution is 0.0512. The third kappa shape index (κ3) is 2.48. The van der Waals surface area contributed by atoms with E-state index in [2.05, 4.69) is 10.3 Å². The van der Waals surface area contributed by atoms with Gasteiger partial charge in [-0.1, -0.05) is 23.4 Å². The number of para-hydroxylation sites is 1. The Bertz CT molecular complexity index is 551. The first-order valence-electron chi connectivity index (χ1n) is 5.61. The van der Waals surface area contributed by atoms with Gasteiger partial charge < -0.3 is 10.5 Å². The first kappa shape index (κ1) is 12.1. The molecule has 2 rings (SSSR count). The molecule has 6 nitrogen and oxygen atoms in total.